The maximum absolute atomic E-state index is 13.9. The monoisotopic (exact) mass is 609 g/mol. The summed E-state index contributed by atoms with van der Waals surface area (Å²) in [4.78, 5) is 28.2. The van der Waals surface area contributed by atoms with Crippen LogP contribution in [0.5, 0.6) is 0 Å². The van der Waals surface area contributed by atoms with Gasteiger partial charge in [-0.25, -0.2) is 8.42 Å². The fraction of sp³-hybridized carbons (Fsp3) is 0.286. The topological polar surface area (TPSA) is 86.8 Å². The zero-order valence-electron chi connectivity index (χ0n) is 22.0. The lowest BCUT2D eigenvalue weighted by molar-refractivity contribution is -0.139. The molecule has 3 aromatic carbocycles. The number of hydrogen-bond acceptors (Lipinski definition) is 4. The van der Waals surface area contributed by atoms with Gasteiger partial charge in [-0.05, 0) is 69.7 Å². The van der Waals surface area contributed by atoms with E-state index in [9.17, 15) is 18.0 Å². The van der Waals surface area contributed by atoms with E-state index >= 15 is 0 Å². The third-order valence-corrected chi connectivity index (χ3v) is 8.51. The van der Waals surface area contributed by atoms with Gasteiger partial charge in [0.1, 0.15) is 12.6 Å². The first kappa shape index (κ1) is 30.8. The zero-order valence-corrected chi connectivity index (χ0v) is 25.1. The normalized spacial score (nSPS) is 12.2. The third-order valence-electron chi connectivity index (χ3n) is 5.92. The van der Waals surface area contributed by atoms with Crippen LogP contribution in [0.15, 0.2) is 71.6 Å². The second-order valence-corrected chi connectivity index (χ2v) is 12.5. The Morgan fingerprint density at radius 2 is 1.49 bits per heavy atom. The maximum atomic E-state index is 13.9. The summed E-state index contributed by atoms with van der Waals surface area (Å²) < 4.78 is 28.7. The van der Waals surface area contributed by atoms with Crippen molar-refractivity contribution in [2.75, 3.05) is 10.8 Å². The van der Waals surface area contributed by atoms with Crippen molar-refractivity contribution in [2.24, 2.45) is 0 Å². The Morgan fingerprint density at radius 1 is 0.897 bits per heavy atom. The molecule has 0 aromatic heterocycles. The van der Waals surface area contributed by atoms with E-state index in [4.69, 9.17) is 34.8 Å². The predicted octanol–water partition coefficient (Wildman–Crippen LogP) is 6.09. The lowest BCUT2D eigenvalue weighted by atomic mass is 10.1. The Hall–Kier alpha value is -2.78. The van der Waals surface area contributed by atoms with Crippen molar-refractivity contribution >= 4 is 62.3 Å². The van der Waals surface area contributed by atoms with Crippen molar-refractivity contribution in [1.29, 1.82) is 0 Å². The SMILES string of the molecule is Cc1ccc(S(=O)(=O)N(CC(=O)N(Cc2ccccc2Cl)C(C)C(=O)NC(C)C)c2cc(Cl)cc(Cl)c2)cc1. The second kappa shape index (κ2) is 13.0. The lowest BCUT2D eigenvalue weighted by Crippen LogP contribution is -2.52. The summed E-state index contributed by atoms with van der Waals surface area (Å²) in [6.45, 7) is 6.41. The molecule has 39 heavy (non-hydrogen) atoms. The van der Waals surface area contributed by atoms with Crippen LogP contribution in [0.1, 0.15) is 31.9 Å². The van der Waals surface area contributed by atoms with E-state index in [1.807, 2.05) is 20.8 Å². The van der Waals surface area contributed by atoms with Crippen LogP contribution < -0.4 is 9.62 Å². The number of sulfonamides is 1. The summed E-state index contributed by atoms with van der Waals surface area (Å²) in [6.07, 6.45) is 0. The van der Waals surface area contributed by atoms with Gasteiger partial charge < -0.3 is 10.2 Å². The average Bonchev–Trinajstić information content (AvgIpc) is 2.85. The molecule has 0 saturated carbocycles. The van der Waals surface area contributed by atoms with Gasteiger partial charge >= 0.3 is 0 Å². The molecule has 2 amide bonds. The quantitative estimate of drug-likeness (QED) is 0.301. The van der Waals surface area contributed by atoms with E-state index in [2.05, 4.69) is 5.32 Å². The molecule has 0 bridgehead atoms. The van der Waals surface area contributed by atoms with Gasteiger partial charge in [0, 0.05) is 27.7 Å². The van der Waals surface area contributed by atoms with Crippen molar-refractivity contribution in [3.8, 4) is 0 Å². The van der Waals surface area contributed by atoms with Crippen LogP contribution in [-0.4, -0.2) is 43.8 Å². The summed E-state index contributed by atoms with van der Waals surface area (Å²) >= 11 is 18.8. The summed E-state index contributed by atoms with van der Waals surface area (Å²) in [5.74, 6) is -1.00. The van der Waals surface area contributed by atoms with Gasteiger partial charge in [0.05, 0.1) is 10.6 Å². The highest BCUT2D eigenvalue weighted by atomic mass is 35.5. The number of anilines is 1. The standard InChI is InChI=1S/C28H30Cl3N3O4S/c1-18(2)32-28(36)20(4)33(16-21-7-5-6-8-26(21)31)27(35)17-34(24-14-22(29)13-23(30)15-24)39(37,38)25-11-9-19(3)10-12-25/h5-15,18,20H,16-17H2,1-4H3,(H,32,36). The van der Waals surface area contributed by atoms with Gasteiger partial charge in [0.15, 0.2) is 0 Å². The molecule has 1 atom stereocenters. The highest BCUT2D eigenvalue weighted by Gasteiger charge is 2.33. The fourth-order valence-corrected chi connectivity index (χ4v) is 5.96. The van der Waals surface area contributed by atoms with Crippen LogP contribution in [-0.2, 0) is 26.2 Å². The van der Waals surface area contributed by atoms with Crippen molar-refractivity contribution in [2.45, 2.75) is 51.2 Å². The Kier molecular flexibility index (Phi) is 10.3. The van der Waals surface area contributed by atoms with E-state index in [1.54, 1.807) is 43.3 Å². The number of hydrogen-bond donors (Lipinski definition) is 1. The molecule has 1 N–H and O–H groups in total. The minimum Gasteiger partial charge on any atom is -0.352 e. The largest absolute Gasteiger partial charge is 0.352 e. The Morgan fingerprint density at radius 3 is 2.05 bits per heavy atom. The molecule has 0 fully saturated rings. The van der Waals surface area contributed by atoms with E-state index in [0.29, 0.717) is 10.6 Å². The van der Waals surface area contributed by atoms with Gasteiger partial charge in [-0.3, -0.25) is 13.9 Å². The van der Waals surface area contributed by atoms with Crippen molar-refractivity contribution < 1.29 is 18.0 Å². The fourth-order valence-electron chi connectivity index (χ4n) is 3.85. The van der Waals surface area contributed by atoms with Crippen LogP contribution in [0.2, 0.25) is 15.1 Å². The van der Waals surface area contributed by atoms with E-state index < -0.39 is 28.5 Å². The minimum atomic E-state index is -4.24. The summed E-state index contributed by atoms with van der Waals surface area (Å²) in [7, 11) is -4.24. The van der Waals surface area contributed by atoms with E-state index in [-0.39, 0.29) is 39.1 Å². The molecular formula is C28H30Cl3N3O4S. The highest BCUT2D eigenvalue weighted by Crippen LogP contribution is 2.30. The minimum absolute atomic E-state index is 0.0137. The van der Waals surface area contributed by atoms with E-state index in [0.717, 1.165) is 9.87 Å². The molecule has 0 spiro atoms. The van der Waals surface area contributed by atoms with Crippen molar-refractivity contribution in [1.82, 2.24) is 10.2 Å². The third kappa shape index (κ3) is 7.88. The first-order chi connectivity index (χ1) is 18.3. The number of aryl methyl sites for hydroxylation is 1. The number of rotatable bonds is 10. The van der Waals surface area contributed by atoms with Gasteiger partial charge in [0.2, 0.25) is 11.8 Å². The number of nitrogens with zero attached hydrogens (tertiary/aromatic N) is 2. The van der Waals surface area contributed by atoms with Crippen LogP contribution in [0.3, 0.4) is 0 Å². The maximum Gasteiger partial charge on any atom is 0.264 e. The van der Waals surface area contributed by atoms with Crippen LogP contribution in [0.25, 0.3) is 0 Å². The van der Waals surface area contributed by atoms with E-state index in [1.165, 1.54) is 35.2 Å². The average molecular weight is 611 g/mol. The number of amides is 2. The van der Waals surface area contributed by atoms with Crippen LogP contribution >= 0.6 is 34.8 Å². The van der Waals surface area contributed by atoms with Gasteiger partial charge in [-0.2, -0.15) is 0 Å². The molecule has 0 aliphatic carbocycles. The van der Waals surface area contributed by atoms with Crippen LogP contribution in [0.4, 0.5) is 5.69 Å². The first-order valence-electron chi connectivity index (χ1n) is 12.2. The molecule has 0 aliphatic heterocycles. The number of halogens is 3. The molecule has 1 unspecified atom stereocenters. The van der Waals surface area contributed by atoms with Gasteiger partial charge in [-0.15, -0.1) is 0 Å². The van der Waals surface area contributed by atoms with Gasteiger partial charge in [-0.1, -0.05) is 70.7 Å². The van der Waals surface area contributed by atoms with Crippen molar-refractivity contribution in [3.63, 3.8) is 0 Å². The molecule has 208 valence electrons. The first-order valence-corrected chi connectivity index (χ1v) is 14.8. The molecule has 11 heteroatoms. The smallest absolute Gasteiger partial charge is 0.264 e. The van der Waals surface area contributed by atoms with Crippen molar-refractivity contribution in [3.05, 3.63) is 92.9 Å². The summed E-state index contributed by atoms with van der Waals surface area (Å²) in [5, 5.41) is 3.62. The number of carbonyl (C=O) groups is 2. The zero-order chi connectivity index (χ0) is 28.9. The lowest BCUT2D eigenvalue weighted by Gasteiger charge is -2.32. The number of carbonyl (C=O) groups excluding carboxylic acids is 2. The Balaban J connectivity index is 2.08. The Labute approximate surface area is 244 Å². The molecule has 3 aromatic rings. The second-order valence-electron chi connectivity index (χ2n) is 9.40. The summed E-state index contributed by atoms with van der Waals surface area (Å²) in [5.41, 5.74) is 1.59. The molecule has 3 rings (SSSR count). The van der Waals surface area contributed by atoms with Gasteiger partial charge in [0.25, 0.3) is 10.0 Å². The molecule has 7 nitrogen and oxygen atoms in total. The Bertz CT molecular complexity index is 1430. The highest BCUT2D eigenvalue weighted by molar-refractivity contribution is 7.92. The number of benzene rings is 3. The van der Waals surface area contributed by atoms with Crippen LogP contribution in [0, 0.1) is 6.92 Å². The molecule has 0 saturated heterocycles. The number of nitrogens with one attached hydrogen (secondary N) is 1. The molecule has 0 radical (unpaired) electrons. The summed E-state index contributed by atoms with van der Waals surface area (Å²) in [6, 6.07) is 16.4. The molecular weight excluding hydrogens is 581 g/mol. The molecule has 0 heterocycles. The molecule has 0 aliphatic rings. The predicted molar refractivity (Wildman–Crippen MR) is 157 cm³/mol.